The van der Waals surface area contributed by atoms with Crippen molar-refractivity contribution in [3.05, 3.63) is 84.7 Å². The van der Waals surface area contributed by atoms with Gasteiger partial charge in [0, 0.05) is 0 Å². The number of nitrogens with one attached hydrogen (secondary N) is 1. The van der Waals surface area contributed by atoms with E-state index in [0.29, 0.717) is 23.1 Å². The third-order valence-electron chi connectivity index (χ3n) is 4.44. The zero-order valence-corrected chi connectivity index (χ0v) is 15.0. The molecule has 0 spiro atoms. The number of aromatic nitrogens is 2. The standard InChI is InChI=1S/C22H20N4O/c1-15(16-7-3-2-4-8-16)26-21-20(23)22(25-14-24-21)27-19-12-11-17-9-5-6-10-18(17)13-19/h2-15H,23H2,1H3,(H,24,25,26). The third kappa shape index (κ3) is 3.67. The molecule has 3 aromatic carbocycles. The number of nitrogens with two attached hydrogens (primary N) is 1. The van der Waals surface area contributed by atoms with Crippen LogP contribution in [0.2, 0.25) is 0 Å². The first-order chi connectivity index (χ1) is 13.2. The number of nitrogens with zero attached hydrogens (tertiary/aromatic N) is 2. The van der Waals surface area contributed by atoms with Crippen LogP contribution in [-0.2, 0) is 0 Å². The molecule has 0 saturated carbocycles. The molecule has 0 aliphatic carbocycles. The van der Waals surface area contributed by atoms with Crippen LogP contribution >= 0.6 is 0 Å². The smallest absolute Gasteiger partial charge is 0.248 e. The Morgan fingerprint density at radius 1 is 0.889 bits per heavy atom. The predicted octanol–water partition coefficient (Wildman–Crippen LogP) is 5.18. The molecule has 0 aliphatic rings. The molecule has 4 rings (SSSR count). The van der Waals surface area contributed by atoms with Crippen LogP contribution in [0.5, 0.6) is 11.6 Å². The van der Waals surface area contributed by atoms with E-state index < -0.39 is 0 Å². The number of nitrogen functional groups attached to an aromatic ring is 1. The Morgan fingerprint density at radius 3 is 2.44 bits per heavy atom. The molecule has 0 aliphatic heterocycles. The summed E-state index contributed by atoms with van der Waals surface area (Å²) in [5, 5.41) is 5.57. The van der Waals surface area contributed by atoms with Crippen LogP contribution in [0.3, 0.4) is 0 Å². The first-order valence-electron chi connectivity index (χ1n) is 8.79. The number of fused-ring (bicyclic) bond motifs is 1. The Balaban J connectivity index is 1.57. The van der Waals surface area contributed by atoms with E-state index in [1.165, 1.54) is 6.33 Å². The minimum atomic E-state index is 0.0527. The van der Waals surface area contributed by atoms with Crippen molar-refractivity contribution in [3.8, 4) is 11.6 Å². The monoisotopic (exact) mass is 356 g/mol. The Morgan fingerprint density at radius 2 is 1.63 bits per heavy atom. The van der Waals surface area contributed by atoms with Crippen LogP contribution < -0.4 is 15.8 Å². The van der Waals surface area contributed by atoms with Crippen LogP contribution in [0, 0.1) is 0 Å². The number of anilines is 2. The van der Waals surface area contributed by atoms with Gasteiger partial charge in [-0.15, -0.1) is 0 Å². The van der Waals surface area contributed by atoms with Crippen molar-refractivity contribution in [1.82, 2.24) is 9.97 Å². The van der Waals surface area contributed by atoms with Gasteiger partial charge in [-0.1, -0.05) is 60.7 Å². The Kier molecular flexibility index (Phi) is 4.58. The summed E-state index contributed by atoms with van der Waals surface area (Å²) in [6.45, 7) is 2.06. The summed E-state index contributed by atoms with van der Waals surface area (Å²) in [5.41, 5.74) is 7.79. The minimum Gasteiger partial charge on any atom is -0.437 e. The van der Waals surface area contributed by atoms with Gasteiger partial charge >= 0.3 is 0 Å². The van der Waals surface area contributed by atoms with E-state index in [0.717, 1.165) is 16.3 Å². The molecule has 1 unspecified atom stereocenters. The summed E-state index contributed by atoms with van der Waals surface area (Å²) in [7, 11) is 0. The molecule has 0 saturated heterocycles. The maximum Gasteiger partial charge on any atom is 0.248 e. The Bertz CT molecular complexity index is 1070. The fraction of sp³-hybridized carbons (Fsp3) is 0.0909. The average Bonchev–Trinajstić information content (AvgIpc) is 2.71. The molecule has 5 nitrogen and oxygen atoms in total. The summed E-state index contributed by atoms with van der Waals surface area (Å²) in [4.78, 5) is 8.46. The van der Waals surface area contributed by atoms with E-state index >= 15 is 0 Å². The number of hydrogen-bond donors (Lipinski definition) is 2. The van der Waals surface area contributed by atoms with Gasteiger partial charge in [-0.3, -0.25) is 0 Å². The predicted molar refractivity (Wildman–Crippen MR) is 109 cm³/mol. The van der Waals surface area contributed by atoms with Crippen molar-refractivity contribution in [2.75, 3.05) is 11.1 Å². The van der Waals surface area contributed by atoms with E-state index in [9.17, 15) is 0 Å². The third-order valence-corrected chi connectivity index (χ3v) is 4.44. The molecular weight excluding hydrogens is 336 g/mol. The van der Waals surface area contributed by atoms with Gasteiger partial charge < -0.3 is 15.8 Å². The molecule has 0 bridgehead atoms. The highest BCUT2D eigenvalue weighted by atomic mass is 16.5. The molecule has 1 aromatic heterocycles. The Hall–Kier alpha value is -3.60. The zero-order chi connectivity index (χ0) is 18.6. The summed E-state index contributed by atoms with van der Waals surface area (Å²) < 4.78 is 5.93. The lowest BCUT2D eigenvalue weighted by atomic mass is 10.1. The lowest BCUT2D eigenvalue weighted by molar-refractivity contribution is 0.465. The molecule has 3 N–H and O–H groups in total. The maximum absolute atomic E-state index is 6.26. The summed E-state index contributed by atoms with van der Waals surface area (Å²) in [5.74, 6) is 1.57. The zero-order valence-electron chi connectivity index (χ0n) is 15.0. The molecule has 0 radical (unpaired) electrons. The van der Waals surface area contributed by atoms with Crippen molar-refractivity contribution in [2.45, 2.75) is 13.0 Å². The van der Waals surface area contributed by atoms with Gasteiger partial charge in [0.1, 0.15) is 17.8 Å². The molecule has 1 atom stereocenters. The number of rotatable bonds is 5. The van der Waals surface area contributed by atoms with Crippen LogP contribution in [0.15, 0.2) is 79.1 Å². The van der Waals surface area contributed by atoms with Crippen molar-refractivity contribution >= 4 is 22.3 Å². The maximum atomic E-state index is 6.26. The van der Waals surface area contributed by atoms with Crippen LogP contribution in [0.25, 0.3) is 10.8 Å². The van der Waals surface area contributed by atoms with Gasteiger partial charge in [0.25, 0.3) is 0 Å². The fourth-order valence-corrected chi connectivity index (χ4v) is 2.95. The largest absolute Gasteiger partial charge is 0.437 e. The van der Waals surface area contributed by atoms with Crippen molar-refractivity contribution < 1.29 is 4.74 Å². The van der Waals surface area contributed by atoms with E-state index in [1.807, 2.05) is 54.6 Å². The number of hydrogen-bond acceptors (Lipinski definition) is 5. The van der Waals surface area contributed by atoms with Crippen LogP contribution in [0.4, 0.5) is 11.5 Å². The highest BCUT2D eigenvalue weighted by molar-refractivity contribution is 5.83. The van der Waals surface area contributed by atoms with E-state index in [1.54, 1.807) is 0 Å². The van der Waals surface area contributed by atoms with Gasteiger partial charge in [0.2, 0.25) is 5.88 Å². The van der Waals surface area contributed by atoms with Crippen molar-refractivity contribution in [1.29, 1.82) is 0 Å². The minimum absolute atomic E-state index is 0.0527. The molecule has 4 aromatic rings. The van der Waals surface area contributed by atoms with Gasteiger partial charge in [-0.05, 0) is 35.4 Å². The summed E-state index contributed by atoms with van der Waals surface area (Å²) in [6, 6.07) is 24.2. The highest BCUT2D eigenvalue weighted by Crippen LogP contribution is 2.32. The molecule has 5 heteroatoms. The van der Waals surface area contributed by atoms with E-state index in [4.69, 9.17) is 10.5 Å². The highest BCUT2D eigenvalue weighted by Gasteiger charge is 2.13. The van der Waals surface area contributed by atoms with Crippen molar-refractivity contribution in [2.24, 2.45) is 0 Å². The average molecular weight is 356 g/mol. The molecule has 0 amide bonds. The van der Waals surface area contributed by atoms with Gasteiger partial charge in [-0.25, -0.2) is 4.98 Å². The second-order valence-electron chi connectivity index (χ2n) is 6.33. The second kappa shape index (κ2) is 7.33. The first kappa shape index (κ1) is 16.8. The lowest BCUT2D eigenvalue weighted by Crippen LogP contribution is -2.11. The van der Waals surface area contributed by atoms with Crippen LogP contribution in [-0.4, -0.2) is 9.97 Å². The quantitative estimate of drug-likeness (QED) is 0.515. The summed E-state index contributed by atoms with van der Waals surface area (Å²) in [6.07, 6.45) is 1.45. The molecular formula is C22H20N4O. The van der Waals surface area contributed by atoms with Gasteiger partial charge in [0.15, 0.2) is 5.82 Å². The normalized spacial score (nSPS) is 11.9. The summed E-state index contributed by atoms with van der Waals surface area (Å²) >= 11 is 0. The van der Waals surface area contributed by atoms with E-state index in [2.05, 4.69) is 40.4 Å². The molecule has 0 fully saturated rings. The van der Waals surface area contributed by atoms with Gasteiger partial charge in [-0.2, -0.15) is 4.98 Å². The molecule has 134 valence electrons. The SMILES string of the molecule is CC(Nc1ncnc(Oc2ccc3ccccc3c2)c1N)c1ccccc1. The fourth-order valence-electron chi connectivity index (χ4n) is 2.95. The lowest BCUT2D eigenvalue weighted by Gasteiger charge is -2.17. The number of ether oxygens (including phenoxy) is 1. The van der Waals surface area contributed by atoms with E-state index in [-0.39, 0.29) is 6.04 Å². The Labute approximate surface area is 157 Å². The first-order valence-corrected chi connectivity index (χ1v) is 8.79. The van der Waals surface area contributed by atoms with Gasteiger partial charge in [0.05, 0.1) is 6.04 Å². The second-order valence-corrected chi connectivity index (χ2v) is 6.33. The molecule has 27 heavy (non-hydrogen) atoms. The number of benzene rings is 3. The molecule has 1 heterocycles. The van der Waals surface area contributed by atoms with Crippen LogP contribution in [0.1, 0.15) is 18.5 Å². The topological polar surface area (TPSA) is 73.1 Å². The van der Waals surface area contributed by atoms with Crippen molar-refractivity contribution in [3.63, 3.8) is 0 Å².